The highest BCUT2D eigenvalue weighted by Gasteiger charge is 2.16. The van der Waals surface area contributed by atoms with E-state index in [2.05, 4.69) is 166 Å². The van der Waals surface area contributed by atoms with Gasteiger partial charge in [-0.1, -0.05) is 109 Å². The number of para-hydroxylation sites is 2. The maximum atomic E-state index is 9.78. The average molecular weight is 847 g/mol. The zero-order valence-electron chi connectivity index (χ0n) is 34.0. The van der Waals surface area contributed by atoms with E-state index < -0.39 is 0 Å². The lowest BCUT2D eigenvalue weighted by atomic mass is 10.0. The molecule has 0 radical (unpaired) electrons. The fraction of sp³-hybridized carbons (Fsp3) is 0. The third kappa shape index (κ3) is 9.42. The molecule has 63 heavy (non-hydrogen) atoms. The average Bonchev–Trinajstić information content (AvgIpc) is 4.10. The first-order valence-electron chi connectivity index (χ1n) is 20.3. The van der Waals surface area contributed by atoms with Crippen molar-refractivity contribution in [1.82, 2.24) is 0 Å². The topological polar surface area (TPSA) is 63.3 Å². The minimum Gasteiger partial charge on any atom is -0.457 e. The van der Waals surface area contributed by atoms with Crippen molar-refractivity contribution in [3.63, 3.8) is 0 Å². The van der Waals surface area contributed by atoms with Gasteiger partial charge in [0.25, 0.3) is 0 Å². The van der Waals surface area contributed by atoms with Crippen molar-refractivity contribution in [3.8, 4) is 33.0 Å². The van der Waals surface area contributed by atoms with E-state index >= 15 is 0 Å². The highest BCUT2D eigenvalue weighted by atomic mass is 32.1. The molecular weight excluding hydrogens is 809 g/mol. The molecule has 8 aromatic rings. The van der Waals surface area contributed by atoms with E-state index in [1.165, 1.54) is 20.9 Å². The molecule has 0 fully saturated rings. The predicted molar refractivity (Wildman–Crippen MR) is 262 cm³/mol. The van der Waals surface area contributed by atoms with Crippen LogP contribution in [0.1, 0.15) is 11.1 Å². The van der Waals surface area contributed by atoms with Gasteiger partial charge in [-0.05, 0) is 142 Å². The second-order valence-corrected chi connectivity index (χ2v) is 16.4. The number of nitrogens with zero attached hydrogens (tertiary/aromatic N) is 4. The molecule has 1 aliphatic heterocycles. The van der Waals surface area contributed by atoms with Gasteiger partial charge in [0.05, 0.1) is 0 Å². The number of anilines is 6. The fourth-order valence-electron chi connectivity index (χ4n) is 7.32. The number of thiophene rings is 2. The number of allylic oxidation sites excluding steroid dienone is 6. The van der Waals surface area contributed by atoms with Crippen LogP contribution in [0.3, 0.4) is 0 Å². The second kappa shape index (κ2) is 19.0. The summed E-state index contributed by atoms with van der Waals surface area (Å²) in [5, 5.41) is 23.7. The van der Waals surface area contributed by atoms with E-state index in [4.69, 9.17) is 4.74 Å². The minimum atomic E-state index is 0.0117. The van der Waals surface area contributed by atoms with Crippen LogP contribution in [0, 0.1) is 22.7 Å². The van der Waals surface area contributed by atoms with E-state index in [-0.39, 0.29) is 5.57 Å². The monoisotopic (exact) mass is 846 g/mol. The van der Waals surface area contributed by atoms with Gasteiger partial charge in [0.2, 0.25) is 0 Å². The number of ether oxygens (including phenoxy) is 1. The predicted octanol–water partition coefficient (Wildman–Crippen LogP) is 16.0. The van der Waals surface area contributed by atoms with Crippen LogP contribution < -0.4 is 9.80 Å². The van der Waals surface area contributed by atoms with Gasteiger partial charge in [0.1, 0.15) is 29.2 Å². The standard InChI is InChI=1S/C56H38N4OS2/c57-39-46(40-58)45-37-53(33-19-41-15-25-49(26-16-41)59(47-9-3-1-4-10-47)51-29-21-43(22-30-51)55-13-7-35-62-55)61-54(38-45)34-20-42-17-27-50(28-18-42)60(48-11-5-2-6-12-48)52-31-23-44(24-32-52)56-14-8-36-63-56/h1-38H/b33-19+,34-20+. The van der Waals surface area contributed by atoms with Gasteiger partial charge in [-0.25, -0.2) is 0 Å². The maximum absolute atomic E-state index is 9.78. The highest BCUT2D eigenvalue weighted by molar-refractivity contribution is 7.13. The van der Waals surface area contributed by atoms with Crippen LogP contribution in [0.5, 0.6) is 0 Å². The smallest absolute Gasteiger partial charge is 0.137 e. The third-order valence-corrected chi connectivity index (χ3v) is 12.3. The summed E-state index contributed by atoms with van der Waals surface area (Å²) in [5.74, 6) is 1.02. The van der Waals surface area contributed by atoms with Gasteiger partial charge in [-0.2, -0.15) is 10.5 Å². The van der Waals surface area contributed by atoms with Gasteiger partial charge in [-0.15, -0.1) is 22.7 Å². The lowest BCUT2D eigenvalue weighted by Gasteiger charge is -2.25. The van der Waals surface area contributed by atoms with Crippen molar-refractivity contribution in [2.24, 2.45) is 0 Å². The first-order valence-corrected chi connectivity index (χ1v) is 22.1. The van der Waals surface area contributed by atoms with Crippen LogP contribution in [-0.4, -0.2) is 0 Å². The summed E-state index contributed by atoms with van der Waals surface area (Å²) in [6.07, 6.45) is 11.1. The summed E-state index contributed by atoms with van der Waals surface area (Å²) >= 11 is 3.47. The van der Waals surface area contributed by atoms with Crippen LogP contribution in [0.4, 0.5) is 34.1 Å². The molecule has 300 valence electrons. The highest BCUT2D eigenvalue weighted by Crippen LogP contribution is 2.38. The van der Waals surface area contributed by atoms with Crippen molar-refractivity contribution in [3.05, 3.63) is 251 Å². The van der Waals surface area contributed by atoms with Crippen molar-refractivity contribution in [2.45, 2.75) is 0 Å². The van der Waals surface area contributed by atoms with Gasteiger partial charge in [0.15, 0.2) is 0 Å². The molecule has 0 atom stereocenters. The molecule has 7 heteroatoms. The van der Waals surface area contributed by atoms with Crippen molar-refractivity contribution >= 4 is 68.9 Å². The summed E-state index contributed by atoms with van der Waals surface area (Å²) < 4.78 is 6.31. The molecule has 0 bridgehead atoms. The Morgan fingerprint density at radius 1 is 0.413 bits per heavy atom. The Bertz CT molecular complexity index is 2830. The summed E-state index contributed by atoms with van der Waals surface area (Å²) in [5.41, 5.74) is 11.1. The van der Waals surface area contributed by atoms with E-state index in [0.29, 0.717) is 17.1 Å². The Balaban J connectivity index is 0.927. The number of nitriles is 2. The fourth-order valence-corrected chi connectivity index (χ4v) is 8.78. The molecule has 0 spiro atoms. The van der Waals surface area contributed by atoms with Crippen LogP contribution in [0.15, 0.2) is 240 Å². The molecule has 0 saturated carbocycles. The number of rotatable bonds is 12. The largest absolute Gasteiger partial charge is 0.457 e. The van der Waals surface area contributed by atoms with Gasteiger partial charge >= 0.3 is 0 Å². The van der Waals surface area contributed by atoms with E-state index in [1.807, 2.05) is 72.8 Å². The first kappa shape index (κ1) is 40.2. The summed E-state index contributed by atoms with van der Waals surface area (Å²) in [6.45, 7) is 0. The SMILES string of the molecule is N#CC(C#N)=C1C=C(/C=C/c2ccc(N(c3ccccc3)c3ccc(-c4cccs4)cc3)cc2)OC(/C=C/c2ccc(N(c3ccccc3)c3ccc(-c4cccs4)cc3)cc2)=C1. The lowest BCUT2D eigenvalue weighted by molar-refractivity contribution is 0.332. The molecule has 0 saturated heterocycles. The van der Waals surface area contributed by atoms with Crippen LogP contribution in [-0.2, 0) is 4.74 Å². The molecule has 0 unspecified atom stereocenters. The first-order chi connectivity index (χ1) is 31.1. The number of benzene rings is 6. The van der Waals surface area contributed by atoms with Crippen molar-refractivity contribution in [2.75, 3.05) is 9.80 Å². The normalized spacial score (nSPS) is 12.3. The van der Waals surface area contributed by atoms with E-state index in [0.717, 1.165) is 45.3 Å². The molecule has 6 aromatic carbocycles. The van der Waals surface area contributed by atoms with Crippen molar-refractivity contribution < 1.29 is 4.74 Å². The zero-order chi connectivity index (χ0) is 42.8. The van der Waals surface area contributed by atoms with Crippen LogP contribution in [0.2, 0.25) is 0 Å². The summed E-state index contributed by atoms with van der Waals surface area (Å²) in [6, 6.07) is 67.1. The van der Waals surface area contributed by atoms with Gasteiger partial charge in [0, 0.05) is 49.5 Å². The molecule has 3 heterocycles. The Hall–Kier alpha value is -8.20. The molecular formula is C56H38N4OS2. The summed E-state index contributed by atoms with van der Waals surface area (Å²) in [7, 11) is 0. The van der Waals surface area contributed by atoms with Gasteiger partial charge < -0.3 is 14.5 Å². The molecule has 0 amide bonds. The maximum Gasteiger partial charge on any atom is 0.137 e. The van der Waals surface area contributed by atoms with Crippen LogP contribution >= 0.6 is 22.7 Å². The quantitative estimate of drug-likeness (QED) is 0.115. The van der Waals surface area contributed by atoms with E-state index in [9.17, 15) is 10.5 Å². The Labute approximate surface area is 375 Å². The molecule has 9 rings (SSSR count). The number of hydrogen-bond acceptors (Lipinski definition) is 7. The minimum absolute atomic E-state index is 0.0117. The molecule has 5 nitrogen and oxygen atoms in total. The molecule has 2 aromatic heterocycles. The summed E-state index contributed by atoms with van der Waals surface area (Å²) in [4.78, 5) is 6.95. The number of hydrogen-bond donors (Lipinski definition) is 0. The Kier molecular flexibility index (Phi) is 12.1. The Morgan fingerprint density at radius 2 is 0.778 bits per heavy atom. The Morgan fingerprint density at radius 3 is 1.13 bits per heavy atom. The zero-order valence-corrected chi connectivity index (χ0v) is 35.6. The lowest BCUT2D eigenvalue weighted by Crippen LogP contribution is -2.09. The molecule has 1 aliphatic rings. The third-order valence-electron chi connectivity index (χ3n) is 10.4. The van der Waals surface area contributed by atoms with Crippen molar-refractivity contribution in [1.29, 1.82) is 10.5 Å². The second-order valence-electron chi connectivity index (χ2n) is 14.5. The van der Waals surface area contributed by atoms with Gasteiger partial charge in [-0.3, -0.25) is 0 Å². The van der Waals surface area contributed by atoms with E-state index in [1.54, 1.807) is 34.8 Å². The molecule has 0 N–H and O–H groups in total. The molecule has 0 aliphatic carbocycles. The van der Waals surface area contributed by atoms with Crippen LogP contribution in [0.25, 0.3) is 33.0 Å².